The van der Waals surface area contributed by atoms with Crippen LogP contribution in [-0.4, -0.2) is 38.4 Å². The summed E-state index contributed by atoms with van der Waals surface area (Å²) < 4.78 is 2.05. The van der Waals surface area contributed by atoms with Crippen LogP contribution >= 0.6 is 11.8 Å². The van der Waals surface area contributed by atoms with Gasteiger partial charge in [0.15, 0.2) is 0 Å². The summed E-state index contributed by atoms with van der Waals surface area (Å²) in [6.45, 7) is 2.61. The highest BCUT2D eigenvalue weighted by atomic mass is 32.2. The lowest BCUT2D eigenvalue weighted by Crippen LogP contribution is -2.41. The number of anilines is 1. The van der Waals surface area contributed by atoms with Gasteiger partial charge in [0.05, 0.1) is 11.4 Å². The van der Waals surface area contributed by atoms with Crippen LogP contribution in [0.4, 0.5) is 5.69 Å². The molecule has 0 unspecified atom stereocenters. The molecule has 2 aromatic rings. The molecule has 0 aliphatic carbocycles. The average Bonchev–Trinajstić information content (AvgIpc) is 2.95. The molecule has 0 saturated heterocycles. The molecule has 2 N–H and O–H groups in total. The van der Waals surface area contributed by atoms with Gasteiger partial charge < -0.3 is 15.2 Å². The molecule has 3 heterocycles. The lowest BCUT2D eigenvalue weighted by molar-refractivity contribution is -0.113. The Morgan fingerprint density at radius 3 is 3.17 bits per heavy atom. The monoisotopic (exact) mass is 343 g/mol. The van der Waals surface area contributed by atoms with Crippen LogP contribution in [0.25, 0.3) is 0 Å². The van der Waals surface area contributed by atoms with Crippen molar-refractivity contribution in [2.24, 2.45) is 0 Å². The molecule has 24 heavy (non-hydrogen) atoms. The zero-order valence-corrected chi connectivity index (χ0v) is 14.0. The Balaban J connectivity index is 1.48. The number of carbonyl (C=O) groups excluding carboxylic acids is 2. The standard InChI is InChI=1S/C16H17N5O2S/c1-9-19-20-14-5-3-11(7-21(9)14)17-16(23)10-2-4-13-12(6-10)18-15(22)8-24-13/h2,4,6,11H,3,5,7-8H2,1H3,(H,17,23)(H,18,22)/t11-/m1/s1. The second-order valence-corrected chi connectivity index (χ2v) is 7.05. The molecule has 8 heteroatoms. The predicted molar refractivity (Wildman–Crippen MR) is 90.1 cm³/mol. The maximum Gasteiger partial charge on any atom is 0.251 e. The third-order valence-corrected chi connectivity index (χ3v) is 5.42. The number of thioether (sulfide) groups is 1. The molecule has 1 aromatic carbocycles. The summed E-state index contributed by atoms with van der Waals surface area (Å²) in [6.07, 6.45) is 1.66. The molecule has 2 amide bonds. The Morgan fingerprint density at radius 1 is 1.42 bits per heavy atom. The van der Waals surface area contributed by atoms with Crippen molar-refractivity contribution in [1.82, 2.24) is 20.1 Å². The van der Waals surface area contributed by atoms with E-state index in [0.717, 1.165) is 29.4 Å². The molecule has 0 saturated carbocycles. The first kappa shape index (κ1) is 15.2. The number of aromatic nitrogens is 3. The maximum atomic E-state index is 12.5. The Bertz CT molecular complexity index is 832. The van der Waals surface area contributed by atoms with Crippen molar-refractivity contribution in [3.63, 3.8) is 0 Å². The first-order valence-electron chi connectivity index (χ1n) is 7.86. The van der Waals surface area contributed by atoms with E-state index < -0.39 is 0 Å². The van der Waals surface area contributed by atoms with Crippen molar-refractivity contribution >= 4 is 29.3 Å². The first-order chi connectivity index (χ1) is 11.6. The molecule has 0 bridgehead atoms. The summed E-state index contributed by atoms with van der Waals surface area (Å²) in [5.41, 5.74) is 1.27. The highest BCUT2D eigenvalue weighted by molar-refractivity contribution is 8.00. The molecular weight excluding hydrogens is 326 g/mol. The third kappa shape index (κ3) is 2.77. The molecule has 2 aliphatic rings. The summed E-state index contributed by atoms with van der Waals surface area (Å²) in [5.74, 6) is 2.11. The zero-order chi connectivity index (χ0) is 16.7. The molecule has 4 rings (SSSR count). The van der Waals surface area contributed by atoms with Crippen molar-refractivity contribution in [3.8, 4) is 0 Å². The summed E-state index contributed by atoms with van der Waals surface area (Å²) in [7, 11) is 0. The largest absolute Gasteiger partial charge is 0.347 e. The second-order valence-electron chi connectivity index (χ2n) is 6.03. The molecule has 0 fully saturated rings. The number of rotatable bonds is 2. The molecule has 1 atom stereocenters. The number of benzene rings is 1. The van der Waals surface area contributed by atoms with Crippen LogP contribution < -0.4 is 10.6 Å². The van der Waals surface area contributed by atoms with E-state index in [0.29, 0.717) is 23.5 Å². The zero-order valence-electron chi connectivity index (χ0n) is 13.2. The molecule has 124 valence electrons. The smallest absolute Gasteiger partial charge is 0.251 e. The van der Waals surface area contributed by atoms with E-state index >= 15 is 0 Å². The maximum absolute atomic E-state index is 12.5. The van der Waals surface area contributed by atoms with Gasteiger partial charge in [-0.2, -0.15) is 0 Å². The minimum atomic E-state index is -0.123. The van der Waals surface area contributed by atoms with Crippen molar-refractivity contribution in [1.29, 1.82) is 0 Å². The van der Waals surface area contributed by atoms with Crippen molar-refractivity contribution < 1.29 is 9.59 Å². The molecular formula is C16H17N5O2S. The summed E-state index contributed by atoms with van der Waals surface area (Å²) in [4.78, 5) is 25.0. The van der Waals surface area contributed by atoms with Gasteiger partial charge in [0, 0.05) is 29.5 Å². The topological polar surface area (TPSA) is 88.9 Å². The van der Waals surface area contributed by atoms with E-state index in [9.17, 15) is 9.59 Å². The Hall–Kier alpha value is -2.35. The lowest BCUT2D eigenvalue weighted by atomic mass is 10.1. The van der Waals surface area contributed by atoms with Gasteiger partial charge >= 0.3 is 0 Å². The van der Waals surface area contributed by atoms with Crippen molar-refractivity contribution in [3.05, 3.63) is 35.4 Å². The van der Waals surface area contributed by atoms with Crippen LogP contribution in [0.3, 0.4) is 0 Å². The Morgan fingerprint density at radius 2 is 2.29 bits per heavy atom. The van der Waals surface area contributed by atoms with Gasteiger partial charge in [-0.25, -0.2) is 0 Å². The van der Waals surface area contributed by atoms with Gasteiger partial charge in [-0.15, -0.1) is 22.0 Å². The molecule has 7 nitrogen and oxygen atoms in total. The number of hydrogen-bond acceptors (Lipinski definition) is 5. The van der Waals surface area contributed by atoms with Crippen LogP contribution in [0.15, 0.2) is 23.1 Å². The van der Waals surface area contributed by atoms with Gasteiger partial charge in [-0.3, -0.25) is 9.59 Å². The quantitative estimate of drug-likeness (QED) is 0.860. The summed E-state index contributed by atoms with van der Waals surface area (Å²) >= 11 is 1.49. The number of amides is 2. The Kier molecular flexibility index (Phi) is 3.76. The lowest BCUT2D eigenvalue weighted by Gasteiger charge is -2.25. The number of carbonyl (C=O) groups is 2. The van der Waals surface area contributed by atoms with E-state index in [1.807, 2.05) is 13.0 Å². The molecule has 0 spiro atoms. The predicted octanol–water partition coefficient (Wildman–Crippen LogP) is 1.38. The van der Waals surface area contributed by atoms with Crippen LogP contribution in [0, 0.1) is 6.92 Å². The minimum Gasteiger partial charge on any atom is -0.347 e. The number of fused-ring (bicyclic) bond motifs is 2. The van der Waals surface area contributed by atoms with E-state index in [4.69, 9.17) is 0 Å². The molecule has 0 radical (unpaired) electrons. The van der Waals surface area contributed by atoms with E-state index in [1.165, 1.54) is 11.8 Å². The fourth-order valence-electron chi connectivity index (χ4n) is 3.07. The van der Waals surface area contributed by atoms with Gasteiger partial charge in [-0.05, 0) is 31.5 Å². The van der Waals surface area contributed by atoms with Crippen molar-refractivity contribution in [2.75, 3.05) is 11.1 Å². The summed E-state index contributed by atoms with van der Waals surface area (Å²) in [6, 6.07) is 5.49. The number of hydrogen-bond donors (Lipinski definition) is 2. The fourth-order valence-corrected chi connectivity index (χ4v) is 3.86. The Labute approximate surface area is 143 Å². The van der Waals surface area contributed by atoms with E-state index in [2.05, 4.69) is 25.4 Å². The van der Waals surface area contributed by atoms with Crippen LogP contribution in [0.5, 0.6) is 0 Å². The van der Waals surface area contributed by atoms with Gasteiger partial charge in [0.2, 0.25) is 5.91 Å². The van der Waals surface area contributed by atoms with Gasteiger partial charge in [0.25, 0.3) is 5.91 Å². The summed E-state index contributed by atoms with van der Waals surface area (Å²) in [5, 5.41) is 14.1. The van der Waals surface area contributed by atoms with E-state index in [-0.39, 0.29) is 17.9 Å². The highest BCUT2D eigenvalue weighted by Gasteiger charge is 2.24. The first-order valence-corrected chi connectivity index (χ1v) is 8.85. The highest BCUT2D eigenvalue weighted by Crippen LogP contribution is 2.32. The van der Waals surface area contributed by atoms with Crippen molar-refractivity contribution in [2.45, 2.75) is 37.2 Å². The van der Waals surface area contributed by atoms with E-state index in [1.54, 1.807) is 12.1 Å². The molecule has 2 aliphatic heterocycles. The SMILES string of the molecule is Cc1nnc2n1C[C@H](NC(=O)c1ccc3c(c1)NC(=O)CS3)CC2. The number of aryl methyl sites for hydroxylation is 2. The van der Waals surface area contributed by atoms with Gasteiger partial charge in [-0.1, -0.05) is 0 Å². The van der Waals surface area contributed by atoms with Gasteiger partial charge in [0.1, 0.15) is 11.6 Å². The third-order valence-electron chi connectivity index (χ3n) is 4.34. The molecule has 1 aromatic heterocycles. The average molecular weight is 343 g/mol. The minimum absolute atomic E-state index is 0.0343. The van der Waals surface area contributed by atoms with Crippen LogP contribution in [0.2, 0.25) is 0 Å². The number of nitrogens with zero attached hydrogens (tertiary/aromatic N) is 3. The number of nitrogens with one attached hydrogen (secondary N) is 2. The second kappa shape index (κ2) is 5.94. The normalized spacial score (nSPS) is 19.2. The van der Waals surface area contributed by atoms with Crippen LogP contribution in [-0.2, 0) is 17.8 Å². The van der Waals surface area contributed by atoms with Crippen LogP contribution in [0.1, 0.15) is 28.4 Å². The fraction of sp³-hybridized carbons (Fsp3) is 0.375.